The molecule has 1 aliphatic heterocycles. The number of amides is 1. The minimum Gasteiger partial charge on any atom is -0.391 e. The Morgan fingerprint density at radius 1 is 1.50 bits per heavy atom. The molecule has 0 bridgehead atoms. The van der Waals surface area contributed by atoms with Gasteiger partial charge in [0.1, 0.15) is 5.56 Å². The molecule has 0 unspecified atom stereocenters. The Balaban J connectivity index is 2.21. The molecule has 1 fully saturated rings. The second-order valence-corrected chi connectivity index (χ2v) is 5.57. The average Bonchev–Trinajstić information content (AvgIpc) is 2.41. The molecular formula is C13H18N4O2S. The highest BCUT2D eigenvalue weighted by atomic mass is 32.1. The van der Waals surface area contributed by atoms with Crippen LogP contribution in [-0.2, 0) is 0 Å². The van der Waals surface area contributed by atoms with Crippen LogP contribution in [0.2, 0.25) is 0 Å². The predicted molar refractivity (Wildman–Crippen MR) is 80.8 cm³/mol. The number of hydrogen-bond acceptors (Lipinski definition) is 4. The Kier molecular flexibility index (Phi) is 4.20. The van der Waals surface area contributed by atoms with Crippen LogP contribution in [0.15, 0.2) is 23.3 Å². The van der Waals surface area contributed by atoms with Crippen molar-refractivity contribution >= 4 is 23.1 Å². The number of rotatable bonds is 3. The lowest BCUT2D eigenvalue weighted by Gasteiger charge is -2.40. The van der Waals surface area contributed by atoms with Gasteiger partial charge in [0, 0.05) is 31.5 Å². The van der Waals surface area contributed by atoms with E-state index in [0.29, 0.717) is 12.8 Å². The zero-order chi connectivity index (χ0) is 14.8. The summed E-state index contributed by atoms with van der Waals surface area (Å²) in [7, 11) is 2.01. The number of aromatic amines is 1. The molecule has 0 spiro atoms. The minimum absolute atomic E-state index is 0.0713. The fourth-order valence-electron chi connectivity index (χ4n) is 2.31. The molecule has 2 heterocycles. The fourth-order valence-corrected chi connectivity index (χ4v) is 2.57. The van der Waals surface area contributed by atoms with Gasteiger partial charge in [-0.15, -0.1) is 0 Å². The molecule has 7 heteroatoms. The summed E-state index contributed by atoms with van der Waals surface area (Å²) in [4.78, 5) is 29.1. The summed E-state index contributed by atoms with van der Waals surface area (Å²) in [5, 5.41) is 2.86. The van der Waals surface area contributed by atoms with Crippen LogP contribution in [0.1, 0.15) is 23.2 Å². The van der Waals surface area contributed by atoms with Crippen LogP contribution in [0, 0.1) is 0 Å². The van der Waals surface area contributed by atoms with E-state index in [1.807, 2.05) is 7.05 Å². The number of hydrogen-bond donors (Lipinski definition) is 3. The second kappa shape index (κ2) is 5.72. The topological polar surface area (TPSA) is 91.2 Å². The normalized spacial score (nSPS) is 18.4. The highest BCUT2D eigenvalue weighted by Gasteiger charge is 2.38. The molecule has 0 aliphatic carbocycles. The second-order valence-electron chi connectivity index (χ2n) is 5.13. The zero-order valence-electron chi connectivity index (χ0n) is 11.3. The van der Waals surface area contributed by atoms with Crippen molar-refractivity contribution in [3.63, 3.8) is 0 Å². The highest BCUT2D eigenvalue weighted by Crippen LogP contribution is 2.22. The van der Waals surface area contributed by atoms with Gasteiger partial charge in [-0.1, -0.05) is 12.2 Å². The molecule has 1 amide bonds. The molecule has 1 aromatic rings. The van der Waals surface area contributed by atoms with Gasteiger partial charge in [0.05, 0.1) is 10.5 Å². The summed E-state index contributed by atoms with van der Waals surface area (Å²) in [5.41, 5.74) is 4.86. The smallest absolute Gasteiger partial charge is 0.257 e. The van der Waals surface area contributed by atoms with E-state index in [0.717, 1.165) is 13.1 Å². The largest absolute Gasteiger partial charge is 0.391 e. The Morgan fingerprint density at radius 3 is 2.70 bits per heavy atom. The maximum Gasteiger partial charge on any atom is 0.257 e. The van der Waals surface area contributed by atoms with Gasteiger partial charge in [-0.3, -0.25) is 9.59 Å². The number of carbonyl (C=O) groups excluding carboxylic acids is 1. The average molecular weight is 294 g/mol. The number of carbonyl (C=O) groups is 1. The lowest BCUT2D eigenvalue weighted by atomic mass is 9.87. The third kappa shape index (κ3) is 2.88. The Labute approximate surface area is 122 Å². The number of likely N-dealkylation sites (tertiary alicyclic amines) is 1. The van der Waals surface area contributed by atoms with Crippen LogP contribution in [-0.4, -0.2) is 46.5 Å². The lowest BCUT2D eigenvalue weighted by Crippen LogP contribution is -2.61. The summed E-state index contributed by atoms with van der Waals surface area (Å²) < 4.78 is 0. The van der Waals surface area contributed by atoms with E-state index in [4.69, 9.17) is 18.0 Å². The van der Waals surface area contributed by atoms with E-state index < -0.39 is 11.4 Å². The van der Waals surface area contributed by atoms with Gasteiger partial charge in [0.25, 0.3) is 5.91 Å². The van der Waals surface area contributed by atoms with Gasteiger partial charge >= 0.3 is 0 Å². The van der Waals surface area contributed by atoms with Crippen molar-refractivity contribution in [3.8, 4) is 0 Å². The third-order valence-corrected chi connectivity index (χ3v) is 4.12. The van der Waals surface area contributed by atoms with Crippen molar-refractivity contribution in [1.82, 2.24) is 15.2 Å². The molecule has 6 nitrogen and oxygen atoms in total. The molecule has 4 N–H and O–H groups in total. The molecule has 1 saturated heterocycles. The molecule has 0 atom stereocenters. The molecule has 20 heavy (non-hydrogen) atoms. The van der Waals surface area contributed by atoms with Crippen molar-refractivity contribution in [2.45, 2.75) is 18.4 Å². The Morgan fingerprint density at radius 2 is 2.15 bits per heavy atom. The molecule has 1 aromatic heterocycles. The van der Waals surface area contributed by atoms with Gasteiger partial charge in [0.2, 0.25) is 0 Å². The van der Waals surface area contributed by atoms with Gasteiger partial charge in [-0.05, 0) is 19.9 Å². The number of thiocarbonyl (C=S) groups is 1. The van der Waals surface area contributed by atoms with Crippen molar-refractivity contribution in [2.24, 2.45) is 5.73 Å². The van der Waals surface area contributed by atoms with E-state index in [9.17, 15) is 9.59 Å². The van der Waals surface area contributed by atoms with Gasteiger partial charge in [-0.25, -0.2) is 0 Å². The van der Waals surface area contributed by atoms with E-state index in [1.54, 1.807) is 0 Å². The van der Waals surface area contributed by atoms with E-state index >= 15 is 0 Å². The van der Waals surface area contributed by atoms with Crippen LogP contribution < -0.4 is 16.5 Å². The first kappa shape index (κ1) is 14.7. The maximum absolute atomic E-state index is 12.3. The molecule has 108 valence electrons. The molecule has 0 aromatic carbocycles. The minimum atomic E-state index is -0.707. The van der Waals surface area contributed by atoms with Gasteiger partial charge in [0.15, 0.2) is 5.43 Å². The standard InChI is InChI=1S/C13H18N4O2S/c1-17-6-3-13(4-7-17,12(14)20)16-11(19)9-8-15-5-2-10(9)18/h2,5,8H,3-4,6-7H2,1H3,(H2,14,20)(H,15,18)(H,16,19). The highest BCUT2D eigenvalue weighted by molar-refractivity contribution is 7.80. The van der Waals surface area contributed by atoms with Crippen molar-refractivity contribution < 1.29 is 4.79 Å². The molecule has 2 rings (SSSR count). The molecule has 1 aliphatic rings. The van der Waals surface area contributed by atoms with E-state index in [2.05, 4.69) is 15.2 Å². The van der Waals surface area contributed by atoms with Crippen molar-refractivity contribution in [3.05, 3.63) is 34.2 Å². The summed E-state index contributed by atoms with van der Waals surface area (Å²) >= 11 is 5.13. The summed E-state index contributed by atoms with van der Waals surface area (Å²) in [6.07, 6.45) is 4.17. The summed E-state index contributed by atoms with van der Waals surface area (Å²) in [6.45, 7) is 1.59. The van der Waals surface area contributed by atoms with E-state index in [-0.39, 0.29) is 16.0 Å². The number of nitrogens with one attached hydrogen (secondary N) is 2. The summed E-state index contributed by atoms with van der Waals surface area (Å²) in [5.74, 6) is -0.441. The molecule has 0 radical (unpaired) electrons. The number of nitrogens with zero attached hydrogens (tertiary/aromatic N) is 1. The zero-order valence-corrected chi connectivity index (χ0v) is 12.1. The van der Waals surface area contributed by atoms with Crippen LogP contribution in [0.25, 0.3) is 0 Å². The van der Waals surface area contributed by atoms with Gasteiger partial charge < -0.3 is 20.9 Å². The lowest BCUT2D eigenvalue weighted by molar-refractivity contribution is 0.0889. The number of nitrogens with two attached hydrogens (primary N) is 1. The molecule has 0 saturated carbocycles. The fraction of sp³-hybridized carbons (Fsp3) is 0.462. The number of H-pyrrole nitrogens is 1. The quantitative estimate of drug-likeness (QED) is 0.675. The van der Waals surface area contributed by atoms with E-state index in [1.165, 1.54) is 18.5 Å². The van der Waals surface area contributed by atoms with Crippen LogP contribution in [0.4, 0.5) is 0 Å². The number of aromatic nitrogens is 1. The van der Waals surface area contributed by atoms with Crippen molar-refractivity contribution in [2.75, 3.05) is 20.1 Å². The Bertz CT molecular complexity index is 576. The monoisotopic (exact) mass is 294 g/mol. The van der Waals surface area contributed by atoms with Crippen LogP contribution >= 0.6 is 12.2 Å². The van der Waals surface area contributed by atoms with Gasteiger partial charge in [-0.2, -0.15) is 0 Å². The van der Waals surface area contributed by atoms with Crippen LogP contribution in [0.3, 0.4) is 0 Å². The maximum atomic E-state index is 12.3. The Hall–Kier alpha value is -1.73. The number of pyridine rings is 1. The first-order valence-electron chi connectivity index (χ1n) is 6.43. The summed E-state index contributed by atoms with van der Waals surface area (Å²) in [6, 6.07) is 1.32. The third-order valence-electron chi connectivity index (χ3n) is 3.73. The number of piperidine rings is 1. The van der Waals surface area contributed by atoms with Crippen LogP contribution in [0.5, 0.6) is 0 Å². The van der Waals surface area contributed by atoms with Crippen molar-refractivity contribution in [1.29, 1.82) is 0 Å². The molecular weight excluding hydrogens is 276 g/mol. The predicted octanol–water partition coefficient (Wildman–Crippen LogP) is -0.145. The SMILES string of the molecule is CN1CCC(NC(=O)c2c[nH]ccc2=O)(C(N)=S)CC1. The first-order chi connectivity index (χ1) is 9.44. The first-order valence-corrected chi connectivity index (χ1v) is 6.83.